The number of anilines is 2. The molecule has 0 unspecified atom stereocenters. The van der Waals surface area contributed by atoms with Crippen molar-refractivity contribution in [1.29, 1.82) is 0 Å². The molecule has 0 radical (unpaired) electrons. The summed E-state index contributed by atoms with van der Waals surface area (Å²) in [5.41, 5.74) is 1.94. The Labute approximate surface area is 149 Å². The minimum atomic E-state index is -0.501. The van der Waals surface area contributed by atoms with E-state index in [4.69, 9.17) is 4.52 Å². The SMILES string of the molecule is CCC(=O)Nc1cccc(NC(=O)c2cc(-c3cccc(F)c3)no2)c1. The van der Waals surface area contributed by atoms with Crippen LogP contribution < -0.4 is 10.6 Å². The molecule has 0 saturated carbocycles. The van der Waals surface area contributed by atoms with Crippen molar-refractivity contribution < 1.29 is 18.5 Å². The monoisotopic (exact) mass is 353 g/mol. The molecule has 7 heteroatoms. The van der Waals surface area contributed by atoms with Gasteiger partial charge in [-0.05, 0) is 30.3 Å². The Hall–Kier alpha value is -3.48. The van der Waals surface area contributed by atoms with Crippen molar-refractivity contribution in [2.75, 3.05) is 10.6 Å². The summed E-state index contributed by atoms with van der Waals surface area (Å²) >= 11 is 0. The molecule has 0 fully saturated rings. The summed E-state index contributed by atoms with van der Waals surface area (Å²) in [5.74, 6) is -1.03. The molecule has 26 heavy (non-hydrogen) atoms. The number of amides is 2. The van der Waals surface area contributed by atoms with Crippen LogP contribution in [0.3, 0.4) is 0 Å². The van der Waals surface area contributed by atoms with Crippen molar-refractivity contribution >= 4 is 23.2 Å². The third-order valence-electron chi connectivity index (χ3n) is 3.58. The predicted octanol–water partition coefficient (Wildman–Crippen LogP) is 4.08. The van der Waals surface area contributed by atoms with Crippen LogP contribution in [-0.4, -0.2) is 17.0 Å². The topological polar surface area (TPSA) is 84.2 Å². The maximum absolute atomic E-state index is 13.3. The first-order valence-corrected chi connectivity index (χ1v) is 7.99. The molecule has 1 aromatic heterocycles. The third kappa shape index (κ3) is 4.13. The second-order valence-corrected chi connectivity index (χ2v) is 5.52. The Morgan fingerprint density at radius 3 is 2.50 bits per heavy atom. The van der Waals surface area contributed by atoms with Crippen molar-refractivity contribution in [3.63, 3.8) is 0 Å². The first-order valence-electron chi connectivity index (χ1n) is 7.99. The fourth-order valence-electron chi connectivity index (χ4n) is 2.28. The van der Waals surface area contributed by atoms with E-state index in [-0.39, 0.29) is 11.7 Å². The predicted molar refractivity (Wildman–Crippen MR) is 95.2 cm³/mol. The van der Waals surface area contributed by atoms with Crippen molar-refractivity contribution in [2.45, 2.75) is 13.3 Å². The van der Waals surface area contributed by atoms with Crippen LogP contribution in [0.5, 0.6) is 0 Å². The van der Waals surface area contributed by atoms with E-state index in [9.17, 15) is 14.0 Å². The summed E-state index contributed by atoms with van der Waals surface area (Å²) in [7, 11) is 0. The van der Waals surface area contributed by atoms with Crippen LogP contribution in [0.25, 0.3) is 11.3 Å². The molecule has 0 aliphatic rings. The molecule has 2 amide bonds. The molecule has 2 N–H and O–H groups in total. The van der Waals surface area contributed by atoms with Gasteiger partial charge in [0.15, 0.2) is 0 Å². The van der Waals surface area contributed by atoms with Gasteiger partial charge in [-0.1, -0.05) is 30.3 Å². The molecule has 1 heterocycles. The average molecular weight is 353 g/mol. The largest absolute Gasteiger partial charge is 0.350 e. The number of nitrogens with one attached hydrogen (secondary N) is 2. The summed E-state index contributed by atoms with van der Waals surface area (Å²) < 4.78 is 18.3. The van der Waals surface area contributed by atoms with Gasteiger partial charge in [0.25, 0.3) is 5.91 Å². The van der Waals surface area contributed by atoms with Crippen LogP contribution in [0.1, 0.15) is 23.9 Å². The average Bonchev–Trinajstić information content (AvgIpc) is 3.12. The Morgan fingerprint density at radius 2 is 1.77 bits per heavy atom. The van der Waals surface area contributed by atoms with Gasteiger partial charge >= 0.3 is 0 Å². The highest BCUT2D eigenvalue weighted by molar-refractivity contribution is 6.03. The molecular weight excluding hydrogens is 337 g/mol. The summed E-state index contributed by atoms with van der Waals surface area (Å²) in [6.07, 6.45) is 0.359. The fourth-order valence-corrected chi connectivity index (χ4v) is 2.28. The molecule has 0 aliphatic heterocycles. The highest BCUT2D eigenvalue weighted by Crippen LogP contribution is 2.21. The Morgan fingerprint density at radius 1 is 1.04 bits per heavy atom. The highest BCUT2D eigenvalue weighted by atomic mass is 19.1. The number of carbonyl (C=O) groups excluding carboxylic acids is 2. The summed E-state index contributed by atoms with van der Waals surface area (Å²) in [4.78, 5) is 23.8. The molecule has 3 aromatic rings. The first kappa shape index (κ1) is 17.3. The van der Waals surface area contributed by atoms with Gasteiger partial charge in [-0.25, -0.2) is 4.39 Å². The van der Waals surface area contributed by atoms with Crippen LogP contribution in [0.4, 0.5) is 15.8 Å². The van der Waals surface area contributed by atoms with E-state index in [0.29, 0.717) is 29.1 Å². The zero-order valence-electron chi connectivity index (χ0n) is 14.0. The number of rotatable bonds is 5. The smallest absolute Gasteiger partial charge is 0.294 e. The van der Waals surface area contributed by atoms with Crippen molar-refractivity contribution in [2.24, 2.45) is 0 Å². The number of aromatic nitrogens is 1. The van der Waals surface area contributed by atoms with Gasteiger partial charge in [-0.15, -0.1) is 0 Å². The van der Waals surface area contributed by atoms with Crippen LogP contribution >= 0.6 is 0 Å². The third-order valence-corrected chi connectivity index (χ3v) is 3.58. The Bertz CT molecular complexity index is 952. The van der Waals surface area contributed by atoms with Gasteiger partial charge in [-0.2, -0.15) is 0 Å². The van der Waals surface area contributed by atoms with E-state index in [0.717, 1.165) is 0 Å². The van der Waals surface area contributed by atoms with E-state index < -0.39 is 11.7 Å². The molecule has 0 spiro atoms. The summed E-state index contributed by atoms with van der Waals surface area (Å²) in [5, 5.41) is 9.18. The summed E-state index contributed by atoms with van der Waals surface area (Å²) in [6, 6.07) is 14.0. The van der Waals surface area contributed by atoms with Crippen LogP contribution in [0.2, 0.25) is 0 Å². The van der Waals surface area contributed by atoms with Gasteiger partial charge in [0.1, 0.15) is 11.5 Å². The maximum Gasteiger partial charge on any atom is 0.294 e. The Kier molecular flexibility index (Phi) is 5.07. The lowest BCUT2D eigenvalue weighted by Gasteiger charge is -2.07. The van der Waals surface area contributed by atoms with Gasteiger partial charge in [0, 0.05) is 29.4 Å². The van der Waals surface area contributed by atoms with E-state index >= 15 is 0 Å². The number of nitrogens with zero attached hydrogens (tertiary/aromatic N) is 1. The summed E-state index contributed by atoms with van der Waals surface area (Å²) in [6.45, 7) is 1.75. The Balaban J connectivity index is 1.73. The molecule has 6 nitrogen and oxygen atoms in total. The highest BCUT2D eigenvalue weighted by Gasteiger charge is 2.15. The molecule has 0 saturated heterocycles. The quantitative estimate of drug-likeness (QED) is 0.724. The molecular formula is C19H16FN3O3. The lowest BCUT2D eigenvalue weighted by Crippen LogP contribution is -2.12. The second-order valence-electron chi connectivity index (χ2n) is 5.52. The molecule has 0 atom stereocenters. The minimum absolute atomic E-state index is 0.00717. The number of hydrogen-bond acceptors (Lipinski definition) is 4. The van der Waals surface area contributed by atoms with Crippen molar-refractivity contribution in [1.82, 2.24) is 5.16 Å². The number of benzene rings is 2. The van der Waals surface area contributed by atoms with E-state index in [1.54, 1.807) is 43.3 Å². The standard InChI is InChI=1S/C19H16FN3O3/c1-2-18(24)21-14-7-4-8-15(10-14)22-19(25)17-11-16(23-26-17)12-5-3-6-13(20)9-12/h3-11H,2H2,1H3,(H,21,24)(H,22,25). The zero-order valence-corrected chi connectivity index (χ0v) is 14.0. The molecule has 2 aromatic carbocycles. The van der Waals surface area contributed by atoms with E-state index in [1.807, 2.05) is 0 Å². The first-order chi connectivity index (χ1) is 12.5. The second kappa shape index (κ2) is 7.60. The number of halogens is 1. The lowest BCUT2D eigenvalue weighted by atomic mass is 10.1. The van der Waals surface area contributed by atoms with E-state index in [1.165, 1.54) is 18.2 Å². The van der Waals surface area contributed by atoms with Crippen LogP contribution in [0.15, 0.2) is 59.1 Å². The van der Waals surface area contributed by atoms with Gasteiger partial charge in [-0.3, -0.25) is 9.59 Å². The van der Waals surface area contributed by atoms with Crippen molar-refractivity contribution in [3.05, 3.63) is 66.2 Å². The maximum atomic E-state index is 13.3. The molecule has 3 rings (SSSR count). The van der Waals surface area contributed by atoms with E-state index in [2.05, 4.69) is 15.8 Å². The van der Waals surface area contributed by atoms with Gasteiger partial charge < -0.3 is 15.2 Å². The van der Waals surface area contributed by atoms with Crippen LogP contribution in [0, 0.1) is 5.82 Å². The minimum Gasteiger partial charge on any atom is -0.350 e. The van der Waals surface area contributed by atoms with Gasteiger partial charge in [0.05, 0.1) is 0 Å². The lowest BCUT2D eigenvalue weighted by molar-refractivity contribution is -0.115. The van der Waals surface area contributed by atoms with Crippen LogP contribution in [-0.2, 0) is 4.79 Å². The molecule has 132 valence electrons. The normalized spacial score (nSPS) is 10.4. The molecule has 0 bridgehead atoms. The number of carbonyl (C=O) groups is 2. The zero-order chi connectivity index (χ0) is 18.5. The van der Waals surface area contributed by atoms with Crippen molar-refractivity contribution in [3.8, 4) is 11.3 Å². The fraction of sp³-hybridized carbons (Fsp3) is 0.105. The molecule has 0 aliphatic carbocycles. The number of hydrogen-bond donors (Lipinski definition) is 2. The van der Waals surface area contributed by atoms with Gasteiger partial charge in [0.2, 0.25) is 11.7 Å².